The first kappa shape index (κ1) is 17.0. The van der Waals surface area contributed by atoms with Crippen LogP contribution in [0.3, 0.4) is 0 Å². The molecule has 0 amide bonds. The summed E-state index contributed by atoms with van der Waals surface area (Å²) in [6.45, 7) is 4.41. The van der Waals surface area contributed by atoms with E-state index in [1.165, 1.54) is 0 Å². The molecule has 0 saturated carbocycles. The van der Waals surface area contributed by atoms with Crippen molar-refractivity contribution in [2.75, 3.05) is 0 Å². The molecular weight excluding hydrogens is 348 g/mol. The van der Waals surface area contributed by atoms with E-state index in [1.807, 2.05) is 36.6 Å². The topological polar surface area (TPSA) is 83.5 Å². The molecule has 0 aliphatic heterocycles. The van der Waals surface area contributed by atoms with Crippen LogP contribution in [-0.4, -0.2) is 15.7 Å². The predicted octanol–water partition coefficient (Wildman–Crippen LogP) is 4.35. The van der Waals surface area contributed by atoms with Gasteiger partial charge in [0.25, 0.3) is 0 Å². The molecule has 4 heterocycles. The van der Waals surface area contributed by atoms with E-state index in [0.29, 0.717) is 29.3 Å². The number of nitrogens with zero attached hydrogens (tertiary/aromatic N) is 2. The third-order valence-corrected chi connectivity index (χ3v) is 4.36. The van der Waals surface area contributed by atoms with Crippen LogP contribution in [0, 0.1) is 13.8 Å². The van der Waals surface area contributed by atoms with Gasteiger partial charge in [0.2, 0.25) is 5.76 Å². The molecule has 4 rings (SSSR count). The van der Waals surface area contributed by atoms with Gasteiger partial charge >= 0.3 is 5.97 Å². The number of furan rings is 2. The molecule has 0 aliphatic carbocycles. The van der Waals surface area contributed by atoms with Gasteiger partial charge in [-0.2, -0.15) is 0 Å². The molecule has 4 aromatic rings. The van der Waals surface area contributed by atoms with E-state index >= 15 is 0 Å². The molecule has 7 nitrogen and oxygen atoms in total. The molecule has 0 aromatic carbocycles. The molecule has 0 spiro atoms. The monoisotopic (exact) mass is 366 g/mol. The number of hydrogen-bond donors (Lipinski definition) is 0. The lowest BCUT2D eigenvalue weighted by atomic mass is 10.2. The van der Waals surface area contributed by atoms with Crippen molar-refractivity contribution in [3.05, 3.63) is 77.3 Å². The van der Waals surface area contributed by atoms with Gasteiger partial charge in [-0.15, -0.1) is 0 Å². The van der Waals surface area contributed by atoms with Gasteiger partial charge in [0.05, 0.1) is 24.6 Å². The summed E-state index contributed by atoms with van der Waals surface area (Å²) in [5.41, 5.74) is 2.82. The zero-order valence-electron chi connectivity index (χ0n) is 15.0. The molecule has 4 aromatic heterocycles. The molecule has 0 saturated heterocycles. The van der Waals surface area contributed by atoms with Crippen molar-refractivity contribution in [2.45, 2.75) is 27.0 Å². The van der Waals surface area contributed by atoms with Crippen LogP contribution in [-0.2, 0) is 17.9 Å². The van der Waals surface area contributed by atoms with Crippen molar-refractivity contribution >= 4 is 5.97 Å². The highest BCUT2D eigenvalue weighted by Crippen LogP contribution is 2.22. The standard InChI is InChI=1S/C20H18N2O5/c1-13-9-17(14(2)22(13)11-16-5-3-7-24-16)20(23)26-12-15-10-19(27-21-15)18-6-4-8-25-18/h3-10H,11-12H2,1-2H3. The van der Waals surface area contributed by atoms with Gasteiger partial charge in [-0.1, -0.05) is 5.16 Å². The van der Waals surface area contributed by atoms with Crippen LogP contribution in [0.2, 0.25) is 0 Å². The Morgan fingerprint density at radius 3 is 2.67 bits per heavy atom. The van der Waals surface area contributed by atoms with Crippen molar-refractivity contribution < 1.29 is 22.9 Å². The zero-order valence-corrected chi connectivity index (χ0v) is 15.0. The third-order valence-electron chi connectivity index (χ3n) is 4.36. The molecular formula is C20H18N2O5. The summed E-state index contributed by atoms with van der Waals surface area (Å²) < 4.78 is 23.3. The molecule has 0 atom stereocenters. The summed E-state index contributed by atoms with van der Waals surface area (Å²) in [5.74, 6) is 1.48. The van der Waals surface area contributed by atoms with Gasteiger partial charge in [-0.3, -0.25) is 0 Å². The summed E-state index contributed by atoms with van der Waals surface area (Å²) in [7, 11) is 0. The van der Waals surface area contributed by atoms with Gasteiger partial charge in [-0.25, -0.2) is 4.79 Å². The Morgan fingerprint density at radius 1 is 1.11 bits per heavy atom. The summed E-state index contributed by atoms with van der Waals surface area (Å²) in [6, 6.07) is 10.8. The Morgan fingerprint density at radius 2 is 1.93 bits per heavy atom. The summed E-state index contributed by atoms with van der Waals surface area (Å²) in [4.78, 5) is 12.5. The van der Waals surface area contributed by atoms with Crippen LogP contribution in [0.25, 0.3) is 11.5 Å². The molecule has 138 valence electrons. The first-order valence-corrected chi connectivity index (χ1v) is 8.47. The van der Waals surface area contributed by atoms with Gasteiger partial charge in [0, 0.05) is 17.5 Å². The van der Waals surface area contributed by atoms with Gasteiger partial charge < -0.3 is 22.7 Å². The van der Waals surface area contributed by atoms with Crippen LogP contribution in [0.5, 0.6) is 0 Å². The average Bonchev–Trinajstić information content (AvgIpc) is 3.43. The first-order valence-electron chi connectivity index (χ1n) is 8.47. The van der Waals surface area contributed by atoms with Crippen LogP contribution in [0.1, 0.15) is 33.2 Å². The van der Waals surface area contributed by atoms with Crippen LogP contribution in [0.15, 0.2) is 62.3 Å². The quantitative estimate of drug-likeness (QED) is 0.472. The smallest absolute Gasteiger partial charge is 0.340 e. The fraction of sp³-hybridized carbons (Fsp3) is 0.200. The lowest BCUT2D eigenvalue weighted by Crippen LogP contribution is -2.08. The second-order valence-electron chi connectivity index (χ2n) is 6.19. The van der Waals surface area contributed by atoms with Gasteiger partial charge in [0.1, 0.15) is 18.1 Å². The second kappa shape index (κ2) is 7.03. The maximum absolute atomic E-state index is 12.5. The summed E-state index contributed by atoms with van der Waals surface area (Å²) in [6.07, 6.45) is 3.18. The van der Waals surface area contributed by atoms with Crippen molar-refractivity contribution in [3.63, 3.8) is 0 Å². The predicted molar refractivity (Wildman–Crippen MR) is 95.0 cm³/mol. The van der Waals surface area contributed by atoms with E-state index in [1.54, 1.807) is 30.7 Å². The van der Waals surface area contributed by atoms with E-state index < -0.39 is 5.97 Å². The van der Waals surface area contributed by atoms with Crippen LogP contribution >= 0.6 is 0 Å². The zero-order chi connectivity index (χ0) is 18.8. The maximum atomic E-state index is 12.5. The number of aryl methyl sites for hydroxylation is 1. The molecule has 0 radical (unpaired) electrons. The first-order chi connectivity index (χ1) is 13.1. The minimum atomic E-state index is -0.406. The fourth-order valence-electron chi connectivity index (χ4n) is 2.94. The highest BCUT2D eigenvalue weighted by atomic mass is 16.5. The minimum Gasteiger partial charge on any atom is -0.467 e. The molecule has 7 heteroatoms. The molecule has 0 N–H and O–H groups in total. The van der Waals surface area contributed by atoms with Crippen molar-refractivity contribution in [2.24, 2.45) is 0 Å². The minimum absolute atomic E-state index is 0.0187. The maximum Gasteiger partial charge on any atom is 0.340 e. The number of rotatable bonds is 6. The molecule has 0 bridgehead atoms. The normalized spacial score (nSPS) is 11.0. The summed E-state index contributed by atoms with van der Waals surface area (Å²) >= 11 is 0. The Labute approximate surface area is 155 Å². The molecule has 0 fully saturated rings. The lowest BCUT2D eigenvalue weighted by molar-refractivity contribution is 0.0463. The Kier molecular flexibility index (Phi) is 4.42. The van der Waals surface area contributed by atoms with E-state index in [2.05, 4.69) is 5.16 Å². The average molecular weight is 366 g/mol. The Bertz CT molecular complexity index is 1040. The summed E-state index contributed by atoms with van der Waals surface area (Å²) in [5, 5.41) is 3.90. The largest absolute Gasteiger partial charge is 0.467 e. The Balaban J connectivity index is 1.44. The Hall–Kier alpha value is -3.48. The van der Waals surface area contributed by atoms with Crippen molar-refractivity contribution in [1.29, 1.82) is 0 Å². The second-order valence-corrected chi connectivity index (χ2v) is 6.19. The third kappa shape index (κ3) is 3.44. The van der Waals surface area contributed by atoms with E-state index in [0.717, 1.165) is 17.1 Å². The fourth-order valence-corrected chi connectivity index (χ4v) is 2.94. The number of esters is 1. The number of carbonyl (C=O) groups is 1. The van der Waals surface area contributed by atoms with E-state index in [9.17, 15) is 4.79 Å². The SMILES string of the molecule is Cc1cc(C(=O)OCc2cc(-c3ccco3)on2)c(C)n1Cc1ccco1. The van der Waals surface area contributed by atoms with Crippen LogP contribution in [0.4, 0.5) is 0 Å². The molecule has 0 unspecified atom stereocenters. The van der Waals surface area contributed by atoms with Crippen molar-refractivity contribution in [1.82, 2.24) is 9.72 Å². The van der Waals surface area contributed by atoms with Crippen LogP contribution < -0.4 is 0 Å². The highest BCUT2D eigenvalue weighted by Gasteiger charge is 2.18. The molecule has 27 heavy (non-hydrogen) atoms. The van der Waals surface area contributed by atoms with Crippen molar-refractivity contribution in [3.8, 4) is 11.5 Å². The number of hydrogen-bond acceptors (Lipinski definition) is 6. The number of carbonyl (C=O) groups excluding carboxylic acids is 1. The van der Waals surface area contributed by atoms with E-state index in [-0.39, 0.29) is 6.61 Å². The number of aromatic nitrogens is 2. The highest BCUT2D eigenvalue weighted by molar-refractivity contribution is 5.91. The van der Waals surface area contributed by atoms with Gasteiger partial charge in [0.15, 0.2) is 5.76 Å². The lowest BCUT2D eigenvalue weighted by Gasteiger charge is -2.08. The molecule has 0 aliphatic rings. The van der Waals surface area contributed by atoms with Gasteiger partial charge in [-0.05, 0) is 44.2 Å². The number of ether oxygens (including phenoxy) is 1. The van der Waals surface area contributed by atoms with E-state index in [4.69, 9.17) is 18.1 Å².